The first-order valence-electron chi connectivity index (χ1n) is 9.31. The van der Waals surface area contributed by atoms with Crippen molar-refractivity contribution in [2.24, 2.45) is 11.8 Å². The van der Waals surface area contributed by atoms with E-state index in [1.807, 2.05) is 12.1 Å². The van der Waals surface area contributed by atoms with Gasteiger partial charge < -0.3 is 10.1 Å². The van der Waals surface area contributed by atoms with Crippen LogP contribution in [0.15, 0.2) is 42.9 Å². The van der Waals surface area contributed by atoms with Crippen molar-refractivity contribution in [3.63, 3.8) is 0 Å². The molecule has 0 aliphatic carbocycles. The fraction of sp³-hybridized carbons (Fsp3) is 0.450. The van der Waals surface area contributed by atoms with Crippen LogP contribution in [0.25, 0.3) is 0 Å². The number of nitrogens with zero attached hydrogens (tertiary/aromatic N) is 3. The molecule has 0 unspecified atom stereocenters. The minimum atomic E-state index is -0.219. The molecular weight excluding hydrogens is 347 g/mol. The number of ether oxygens (including phenoxy) is 1. The Morgan fingerprint density at radius 3 is 2.93 bits per heavy atom. The van der Waals surface area contributed by atoms with Gasteiger partial charge >= 0.3 is 0 Å². The summed E-state index contributed by atoms with van der Waals surface area (Å²) >= 11 is 0. The Balaban J connectivity index is 1.28. The normalized spacial score (nSPS) is 25.1. The number of piperidine rings is 1. The van der Waals surface area contributed by atoms with Gasteiger partial charge in [0.05, 0.1) is 18.9 Å². The number of carbonyl (C=O) groups is 1. The Morgan fingerprint density at radius 1 is 1.30 bits per heavy atom. The number of likely N-dealkylation sites (tertiary alicyclic amines) is 1. The van der Waals surface area contributed by atoms with Crippen LogP contribution in [0, 0.1) is 17.7 Å². The molecule has 1 amide bonds. The number of carbonyl (C=O) groups excluding carboxylic acids is 1. The number of amides is 1. The van der Waals surface area contributed by atoms with E-state index in [9.17, 15) is 9.18 Å². The molecule has 27 heavy (non-hydrogen) atoms. The summed E-state index contributed by atoms with van der Waals surface area (Å²) in [6.45, 7) is 4.00. The number of fused-ring (bicyclic) bond motifs is 1. The lowest BCUT2D eigenvalue weighted by molar-refractivity contribution is 0.0740. The van der Waals surface area contributed by atoms with Gasteiger partial charge in [-0.05, 0) is 36.6 Å². The van der Waals surface area contributed by atoms with Crippen molar-refractivity contribution in [1.82, 2.24) is 20.2 Å². The summed E-state index contributed by atoms with van der Waals surface area (Å²) in [4.78, 5) is 22.5. The second-order valence-electron chi connectivity index (χ2n) is 7.25. The zero-order chi connectivity index (χ0) is 18.6. The van der Waals surface area contributed by atoms with Crippen molar-refractivity contribution >= 4 is 5.91 Å². The first kappa shape index (κ1) is 18.0. The van der Waals surface area contributed by atoms with Gasteiger partial charge in [0.1, 0.15) is 11.5 Å². The third-order valence-electron chi connectivity index (χ3n) is 5.46. The molecule has 3 heterocycles. The Bertz CT molecular complexity index is 771. The zero-order valence-corrected chi connectivity index (χ0v) is 15.1. The van der Waals surface area contributed by atoms with E-state index in [1.54, 1.807) is 6.20 Å². The van der Waals surface area contributed by atoms with Gasteiger partial charge in [-0.1, -0.05) is 12.1 Å². The average Bonchev–Trinajstić information content (AvgIpc) is 3.11. The molecule has 0 spiro atoms. The molecule has 2 aromatic rings. The molecule has 0 radical (unpaired) electrons. The molecule has 2 aliphatic rings. The second kappa shape index (κ2) is 8.10. The number of rotatable bonds is 5. The zero-order valence-electron chi connectivity index (χ0n) is 15.1. The molecule has 2 fully saturated rings. The van der Waals surface area contributed by atoms with Crippen molar-refractivity contribution in [1.29, 1.82) is 0 Å². The van der Waals surface area contributed by atoms with Crippen LogP contribution in [-0.4, -0.2) is 53.1 Å². The van der Waals surface area contributed by atoms with Gasteiger partial charge in [0.2, 0.25) is 0 Å². The van der Waals surface area contributed by atoms with E-state index in [4.69, 9.17) is 4.74 Å². The van der Waals surface area contributed by atoms with E-state index < -0.39 is 0 Å². The lowest BCUT2D eigenvalue weighted by Crippen LogP contribution is -2.43. The highest BCUT2D eigenvalue weighted by molar-refractivity contribution is 5.91. The second-order valence-corrected chi connectivity index (χ2v) is 7.25. The Hall–Kier alpha value is -2.38. The molecule has 142 valence electrons. The molecule has 1 N–H and O–H groups in total. The maximum atomic E-state index is 13.1. The number of aromatic nitrogens is 2. The summed E-state index contributed by atoms with van der Waals surface area (Å²) < 4.78 is 19.0. The van der Waals surface area contributed by atoms with E-state index in [1.165, 1.54) is 24.5 Å². The third kappa shape index (κ3) is 4.31. The van der Waals surface area contributed by atoms with Crippen molar-refractivity contribution < 1.29 is 13.9 Å². The Kier molecular flexibility index (Phi) is 5.40. The number of halogens is 1. The summed E-state index contributed by atoms with van der Waals surface area (Å²) in [6.07, 6.45) is 5.59. The topological polar surface area (TPSA) is 67.3 Å². The summed E-state index contributed by atoms with van der Waals surface area (Å²) in [7, 11) is 0. The molecule has 6 nitrogen and oxygen atoms in total. The fourth-order valence-corrected chi connectivity index (χ4v) is 4.06. The van der Waals surface area contributed by atoms with E-state index in [0.717, 1.165) is 38.2 Å². The number of benzene rings is 1. The van der Waals surface area contributed by atoms with E-state index in [0.29, 0.717) is 24.1 Å². The predicted molar refractivity (Wildman–Crippen MR) is 97.4 cm³/mol. The first-order chi connectivity index (χ1) is 13.2. The first-order valence-corrected chi connectivity index (χ1v) is 9.31. The Morgan fingerprint density at radius 2 is 2.15 bits per heavy atom. The maximum absolute atomic E-state index is 13.1. The third-order valence-corrected chi connectivity index (χ3v) is 5.46. The highest BCUT2D eigenvalue weighted by Gasteiger charge is 2.40. The van der Waals surface area contributed by atoms with Gasteiger partial charge in [-0.25, -0.2) is 9.37 Å². The lowest BCUT2D eigenvalue weighted by Gasteiger charge is -2.35. The molecule has 1 aromatic heterocycles. The molecule has 2 aliphatic heterocycles. The van der Waals surface area contributed by atoms with Crippen LogP contribution < -0.4 is 5.32 Å². The van der Waals surface area contributed by atoms with Crippen LogP contribution in [0.2, 0.25) is 0 Å². The molecule has 1 aromatic carbocycles. The fourth-order valence-electron chi connectivity index (χ4n) is 4.06. The van der Waals surface area contributed by atoms with Gasteiger partial charge in [-0.15, -0.1) is 0 Å². The van der Waals surface area contributed by atoms with Crippen molar-refractivity contribution in [2.75, 3.05) is 26.2 Å². The summed E-state index contributed by atoms with van der Waals surface area (Å²) in [6, 6.07) is 6.71. The quantitative estimate of drug-likeness (QED) is 0.871. The van der Waals surface area contributed by atoms with Gasteiger partial charge in [0.15, 0.2) is 0 Å². The maximum Gasteiger partial charge on any atom is 0.271 e. The average molecular weight is 370 g/mol. The monoisotopic (exact) mass is 370 g/mol. The van der Waals surface area contributed by atoms with Crippen LogP contribution >= 0.6 is 0 Å². The highest BCUT2D eigenvalue weighted by Crippen LogP contribution is 2.34. The standard InChI is InChI=1S/C20H23FN4O2/c21-16-3-1-14(2-4-16)11-25-8-5-17-15(12-25)13-27-19(17)10-24-20(26)18-9-22-6-7-23-18/h1-4,6-7,9,15,17,19H,5,8,10-13H2,(H,24,26)/t15-,17-,19+/m1/s1. The van der Waals surface area contributed by atoms with Crippen LogP contribution in [0.4, 0.5) is 4.39 Å². The van der Waals surface area contributed by atoms with Gasteiger partial charge in [-0.3, -0.25) is 14.7 Å². The number of hydrogen-bond acceptors (Lipinski definition) is 5. The summed E-state index contributed by atoms with van der Waals surface area (Å²) in [5, 5.41) is 2.91. The SMILES string of the molecule is O=C(NC[C@@H]1OC[C@H]2CN(Cc3ccc(F)cc3)CC[C@H]21)c1cnccn1. The summed E-state index contributed by atoms with van der Waals surface area (Å²) in [5.41, 5.74) is 1.45. The highest BCUT2D eigenvalue weighted by atomic mass is 19.1. The molecule has 0 saturated carbocycles. The van der Waals surface area contributed by atoms with E-state index >= 15 is 0 Å². The largest absolute Gasteiger partial charge is 0.376 e. The smallest absolute Gasteiger partial charge is 0.271 e. The van der Waals surface area contributed by atoms with Crippen LogP contribution in [-0.2, 0) is 11.3 Å². The molecular formula is C20H23FN4O2. The molecule has 7 heteroatoms. The lowest BCUT2D eigenvalue weighted by atomic mass is 9.84. The van der Waals surface area contributed by atoms with Crippen molar-refractivity contribution in [3.8, 4) is 0 Å². The Labute approximate surface area is 157 Å². The van der Waals surface area contributed by atoms with Crippen molar-refractivity contribution in [2.45, 2.75) is 19.1 Å². The predicted octanol–water partition coefficient (Wildman–Crippen LogP) is 1.88. The molecule has 2 saturated heterocycles. The number of nitrogens with one attached hydrogen (secondary N) is 1. The van der Waals surface area contributed by atoms with Gasteiger partial charge in [0.25, 0.3) is 5.91 Å². The number of hydrogen-bond donors (Lipinski definition) is 1. The molecule has 3 atom stereocenters. The molecule has 0 bridgehead atoms. The van der Waals surface area contributed by atoms with Crippen LogP contribution in [0.5, 0.6) is 0 Å². The van der Waals surface area contributed by atoms with Gasteiger partial charge in [-0.2, -0.15) is 0 Å². The van der Waals surface area contributed by atoms with Crippen molar-refractivity contribution in [3.05, 3.63) is 59.9 Å². The van der Waals surface area contributed by atoms with E-state index in [-0.39, 0.29) is 17.8 Å². The molecule has 4 rings (SSSR count). The van der Waals surface area contributed by atoms with Crippen LogP contribution in [0.1, 0.15) is 22.5 Å². The summed E-state index contributed by atoms with van der Waals surface area (Å²) in [5.74, 6) is 0.506. The minimum Gasteiger partial charge on any atom is -0.376 e. The van der Waals surface area contributed by atoms with Crippen LogP contribution in [0.3, 0.4) is 0 Å². The van der Waals surface area contributed by atoms with E-state index in [2.05, 4.69) is 20.2 Å². The van der Waals surface area contributed by atoms with Gasteiger partial charge in [0, 0.05) is 37.9 Å². The minimum absolute atomic E-state index is 0.0450.